The van der Waals surface area contributed by atoms with E-state index in [0.717, 1.165) is 24.8 Å². The van der Waals surface area contributed by atoms with Gasteiger partial charge in [0, 0.05) is 11.6 Å². The molecule has 1 saturated carbocycles. The Kier molecular flexibility index (Phi) is 5.71. The van der Waals surface area contributed by atoms with Crippen molar-refractivity contribution in [3.05, 3.63) is 42.1 Å². The Hall–Kier alpha value is -2.63. The summed E-state index contributed by atoms with van der Waals surface area (Å²) in [6.07, 6.45) is 3.59. The van der Waals surface area contributed by atoms with Crippen molar-refractivity contribution in [2.75, 3.05) is 0 Å². The Bertz CT molecular complexity index is 757. The zero-order chi connectivity index (χ0) is 18.5. The number of rotatable bonds is 5. The molecule has 2 aromatic rings. The molecule has 3 rings (SSSR count). The van der Waals surface area contributed by atoms with Gasteiger partial charge in [0.25, 0.3) is 5.91 Å². The molecule has 138 valence electrons. The van der Waals surface area contributed by atoms with Crippen molar-refractivity contribution in [3.8, 4) is 11.3 Å². The third-order valence-electron chi connectivity index (χ3n) is 4.96. The molecule has 6 nitrogen and oxygen atoms in total. The molecule has 1 aliphatic carbocycles. The van der Waals surface area contributed by atoms with Gasteiger partial charge in [-0.2, -0.15) is 5.10 Å². The number of benzene rings is 1. The number of amides is 1. The Morgan fingerprint density at radius 1 is 1.23 bits per heavy atom. The Morgan fingerprint density at radius 2 is 1.96 bits per heavy atom. The van der Waals surface area contributed by atoms with Crippen molar-refractivity contribution in [1.29, 1.82) is 0 Å². The summed E-state index contributed by atoms with van der Waals surface area (Å²) in [5.41, 5.74) is 1.79. The smallest absolute Gasteiger partial charge is 0.357 e. The molecule has 0 radical (unpaired) electrons. The van der Waals surface area contributed by atoms with Gasteiger partial charge in [-0.15, -0.1) is 0 Å². The summed E-state index contributed by atoms with van der Waals surface area (Å²) in [7, 11) is 0. The van der Waals surface area contributed by atoms with Crippen molar-refractivity contribution in [2.45, 2.75) is 51.7 Å². The predicted molar refractivity (Wildman–Crippen MR) is 98.5 cm³/mol. The van der Waals surface area contributed by atoms with Gasteiger partial charge < -0.3 is 10.1 Å². The molecule has 3 atom stereocenters. The molecule has 2 N–H and O–H groups in total. The maximum absolute atomic E-state index is 12.3. The number of aromatic nitrogens is 2. The van der Waals surface area contributed by atoms with Crippen LogP contribution in [0.5, 0.6) is 0 Å². The van der Waals surface area contributed by atoms with Crippen LogP contribution in [0.3, 0.4) is 0 Å². The van der Waals surface area contributed by atoms with E-state index < -0.39 is 12.1 Å². The molecule has 1 aliphatic rings. The second kappa shape index (κ2) is 8.17. The molecule has 0 spiro atoms. The van der Waals surface area contributed by atoms with Crippen LogP contribution in [0.15, 0.2) is 36.4 Å². The highest BCUT2D eigenvalue weighted by atomic mass is 16.5. The molecule has 1 heterocycles. The van der Waals surface area contributed by atoms with Crippen LogP contribution in [0.4, 0.5) is 0 Å². The van der Waals surface area contributed by atoms with E-state index in [1.54, 1.807) is 13.0 Å². The molecule has 1 aromatic heterocycles. The highest BCUT2D eigenvalue weighted by Gasteiger charge is 2.27. The van der Waals surface area contributed by atoms with Crippen molar-refractivity contribution < 1.29 is 14.3 Å². The van der Waals surface area contributed by atoms with Crippen LogP contribution < -0.4 is 5.32 Å². The summed E-state index contributed by atoms with van der Waals surface area (Å²) in [4.78, 5) is 24.6. The quantitative estimate of drug-likeness (QED) is 0.806. The minimum atomic E-state index is -0.847. The summed E-state index contributed by atoms with van der Waals surface area (Å²) < 4.78 is 5.30. The molecule has 1 fully saturated rings. The van der Waals surface area contributed by atoms with Gasteiger partial charge in [0.05, 0.1) is 5.69 Å². The van der Waals surface area contributed by atoms with Gasteiger partial charge >= 0.3 is 5.97 Å². The minimum absolute atomic E-state index is 0.161. The van der Waals surface area contributed by atoms with Crippen molar-refractivity contribution in [1.82, 2.24) is 15.5 Å². The Labute approximate surface area is 153 Å². The third kappa shape index (κ3) is 4.31. The normalized spacial score (nSPS) is 21.0. The first kappa shape index (κ1) is 18.2. The van der Waals surface area contributed by atoms with Gasteiger partial charge in [-0.05, 0) is 31.7 Å². The van der Waals surface area contributed by atoms with E-state index in [2.05, 4.69) is 22.4 Å². The average Bonchev–Trinajstić information content (AvgIpc) is 3.14. The van der Waals surface area contributed by atoms with Crippen molar-refractivity contribution in [2.24, 2.45) is 5.92 Å². The maximum atomic E-state index is 12.3. The van der Waals surface area contributed by atoms with Crippen molar-refractivity contribution >= 4 is 11.9 Å². The largest absolute Gasteiger partial charge is 0.448 e. The molecule has 1 amide bonds. The number of hydrogen-bond acceptors (Lipinski definition) is 4. The van der Waals surface area contributed by atoms with E-state index in [9.17, 15) is 9.59 Å². The zero-order valence-electron chi connectivity index (χ0n) is 15.2. The number of carbonyl (C=O) groups excluding carboxylic acids is 2. The number of aromatic amines is 1. The maximum Gasteiger partial charge on any atom is 0.357 e. The molecular formula is C20H25N3O3. The lowest BCUT2D eigenvalue weighted by atomic mass is 9.86. The summed E-state index contributed by atoms with van der Waals surface area (Å²) in [6, 6.07) is 11.3. The summed E-state index contributed by atoms with van der Waals surface area (Å²) in [5, 5.41) is 9.83. The first-order chi connectivity index (χ1) is 12.5. The Balaban J connectivity index is 1.57. The monoisotopic (exact) mass is 355 g/mol. The van der Waals surface area contributed by atoms with E-state index in [4.69, 9.17) is 4.74 Å². The van der Waals surface area contributed by atoms with Crippen LogP contribution >= 0.6 is 0 Å². The second-order valence-corrected chi connectivity index (χ2v) is 6.96. The summed E-state index contributed by atoms with van der Waals surface area (Å²) >= 11 is 0. The highest BCUT2D eigenvalue weighted by Crippen LogP contribution is 2.24. The number of hydrogen-bond donors (Lipinski definition) is 2. The van der Waals surface area contributed by atoms with Crippen LogP contribution in [0.2, 0.25) is 0 Å². The first-order valence-electron chi connectivity index (χ1n) is 9.17. The molecule has 26 heavy (non-hydrogen) atoms. The lowest BCUT2D eigenvalue weighted by Crippen LogP contribution is -2.46. The van der Waals surface area contributed by atoms with Crippen LogP contribution in [-0.4, -0.2) is 34.2 Å². The number of esters is 1. The van der Waals surface area contributed by atoms with Gasteiger partial charge in [0.15, 0.2) is 6.10 Å². The van der Waals surface area contributed by atoms with E-state index in [1.807, 2.05) is 30.3 Å². The van der Waals surface area contributed by atoms with Crippen LogP contribution in [0, 0.1) is 5.92 Å². The zero-order valence-corrected chi connectivity index (χ0v) is 15.2. The first-order valence-corrected chi connectivity index (χ1v) is 9.17. The van der Waals surface area contributed by atoms with Gasteiger partial charge in [-0.3, -0.25) is 9.89 Å². The topological polar surface area (TPSA) is 84.1 Å². The summed E-state index contributed by atoms with van der Waals surface area (Å²) in [5.74, 6) is -0.379. The number of nitrogens with zero attached hydrogens (tertiary/aromatic N) is 1. The Morgan fingerprint density at radius 3 is 2.69 bits per heavy atom. The van der Waals surface area contributed by atoms with Crippen molar-refractivity contribution in [3.63, 3.8) is 0 Å². The number of ether oxygens (including phenoxy) is 1. The SMILES string of the molecule is C[C@@H]1CCCC[C@H]1NC(=O)[C@@H](C)OC(=O)c1cc(-c2ccccc2)n[nH]1. The molecule has 0 saturated heterocycles. The van der Waals surface area contributed by atoms with E-state index >= 15 is 0 Å². The summed E-state index contributed by atoms with van der Waals surface area (Å²) in [6.45, 7) is 3.74. The third-order valence-corrected chi connectivity index (χ3v) is 4.96. The van der Waals surface area contributed by atoms with Crippen LogP contribution in [-0.2, 0) is 9.53 Å². The van der Waals surface area contributed by atoms with Gasteiger partial charge in [-0.1, -0.05) is 50.1 Å². The van der Waals surface area contributed by atoms with Crippen LogP contribution in [0.1, 0.15) is 50.0 Å². The second-order valence-electron chi connectivity index (χ2n) is 6.96. The van der Waals surface area contributed by atoms with E-state index in [0.29, 0.717) is 11.6 Å². The highest BCUT2D eigenvalue weighted by molar-refractivity contribution is 5.91. The molecule has 0 aliphatic heterocycles. The fourth-order valence-corrected chi connectivity index (χ4v) is 3.29. The molecular weight excluding hydrogens is 330 g/mol. The lowest BCUT2D eigenvalue weighted by Gasteiger charge is -2.30. The number of carbonyl (C=O) groups is 2. The molecule has 1 aromatic carbocycles. The minimum Gasteiger partial charge on any atom is -0.448 e. The number of H-pyrrole nitrogens is 1. The van der Waals surface area contributed by atoms with Gasteiger partial charge in [0.1, 0.15) is 5.69 Å². The van der Waals surface area contributed by atoms with Gasteiger partial charge in [-0.25, -0.2) is 4.79 Å². The average molecular weight is 355 g/mol. The predicted octanol–water partition coefficient (Wildman–Crippen LogP) is 3.32. The number of nitrogens with one attached hydrogen (secondary N) is 2. The van der Waals surface area contributed by atoms with Gasteiger partial charge in [0.2, 0.25) is 0 Å². The fourth-order valence-electron chi connectivity index (χ4n) is 3.29. The van der Waals surface area contributed by atoms with E-state index in [1.165, 1.54) is 6.42 Å². The van der Waals surface area contributed by atoms with Crippen LogP contribution in [0.25, 0.3) is 11.3 Å². The molecule has 0 unspecified atom stereocenters. The lowest BCUT2D eigenvalue weighted by molar-refractivity contribution is -0.130. The fraction of sp³-hybridized carbons (Fsp3) is 0.450. The molecule has 6 heteroatoms. The molecule has 0 bridgehead atoms. The van der Waals surface area contributed by atoms with E-state index in [-0.39, 0.29) is 17.6 Å². The standard InChI is InChI=1S/C20H25N3O3/c1-13-8-6-7-11-16(13)21-19(24)14(2)26-20(25)18-12-17(22-23-18)15-9-4-3-5-10-15/h3-5,9-10,12-14,16H,6-8,11H2,1-2H3,(H,21,24)(H,22,23)/t13-,14-,16-/m1/s1.